The molecule has 146 valence electrons. The summed E-state index contributed by atoms with van der Waals surface area (Å²) in [5.74, 6) is 0.163. The largest absolute Gasteiger partial charge is 0.392 e. The molecule has 1 aromatic heterocycles. The second-order valence-electron chi connectivity index (χ2n) is 7.69. The van der Waals surface area contributed by atoms with E-state index in [0.29, 0.717) is 45.6 Å². The molecule has 2 atom stereocenters. The maximum absolute atomic E-state index is 12.7. The summed E-state index contributed by atoms with van der Waals surface area (Å²) in [6.07, 6.45) is 4.28. The van der Waals surface area contributed by atoms with Gasteiger partial charge in [0.2, 0.25) is 5.91 Å². The first-order valence-electron chi connectivity index (χ1n) is 9.81. The van der Waals surface area contributed by atoms with E-state index in [1.165, 1.54) is 0 Å². The molecule has 1 aromatic carbocycles. The third-order valence-electron chi connectivity index (χ3n) is 6.32. The highest BCUT2D eigenvalue weighted by atomic mass is 16.5. The Morgan fingerprint density at radius 3 is 2.85 bits per heavy atom. The lowest BCUT2D eigenvalue weighted by molar-refractivity contribution is -0.210. The number of hydrogen-bond acceptors (Lipinski definition) is 5. The highest BCUT2D eigenvalue weighted by molar-refractivity contribution is 5.77. The van der Waals surface area contributed by atoms with Crippen molar-refractivity contribution in [3.8, 4) is 0 Å². The predicted molar refractivity (Wildman–Crippen MR) is 102 cm³/mol. The van der Waals surface area contributed by atoms with Crippen LogP contribution in [0.25, 0.3) is 11.0 Å². The predicted octanol–water partition coefficient (Wildman–Crippen LogP) is 1.14. The van der Waals surface area contributed by atoms with E-state index in [1.807, 2.05) is 33.7 Å². The number of fused-ring (bicyclic) bond motifs is 1. The molecule has 0 unspecified atom stereocenters. The fourth-order valence-corrected chi connectivity index (χ4v) is 4.56. The van der Waals surface area contributed by atoms with Gasteiger partial charge in [-0.25, -0.2) is 4.98 Å². The minimum atomic E-state index is -0.324. The molecule has 4 rings (SSSR count). The molecule has 2 fully saturated rings. The van der Waals surface area contributed by atoms with Gasteiger partial charge in [0.05, 0.1) is 36.2 Å². The highest BCUT2D eigenvalue weighted by Gasteiger charge is 2.56. The lowest BCUT2D eigenvalue weighted by atomic mass is 9.58. The van der Waals surface area contributed by atoms with Gasteiger partial charge in [-0.3, -0.25) is 4.79 Å². The number of ether oxygens (including phenoxy) is 1. The van der Waals surface area contributed by atoms with Crippen LogP contribution < -0.4 is 5.73 Å². The van der Waals surface area contributed by atoms with Crippen molar-refractivity contribution in [1.29, 1.82) is 0 Å². The molecule has 2 aliphatic rings. The summed E-state index contributed by atoms with van der Waals surface area (Å²) in [5.41, 5.74) is 7.35. The summed E-state index contributed by atoms with van der Waals surface area (Å²) in [7, 11) is 0. The molecule has 7 heteroatoms. The number of nitrogens with two attached hydrogens (primary N) is 1. The van der Waals surface area contributed by atoms with Crippen LogP contribution in [0.4, 0.5) is 0 Å². The van der Waals surface area contributed by atoms with Crippen LogP contribution in [0.2, 0.25) is 0 Å². The van der Waals surface area contributed by atoms with Crippen LogP contribution in [0.5, 0.6) is 0 Å². The van der Waals surface area contributed by atoms with Crippen molar-refractivity contribution in [1.82, 2.24) is 14.5 Å². The van der Waals surface area contributed by atoms with Gasteiger partial charge in [0.15, 0.2) is 0 Å². The van der Waals surface area contributed by atoms with Gasteiger partial charge in [0.1, 0.15) is 0 Å². The van der Waals surface area contributed by atoms with Crippen LogP contribution in [-0.2, 0) is 16.1 Å². The number of likely N-dealkylation sites (tertiary alicyclic amines) is 1. The quantitative estimate of drug-likeness (QED) is 0.793. The van der Waals surface area contributed by atoms with E-state index >= 15 is 0 Å². The smallest absolute Gasteiger partial charge is 0.224 e. The molecule has 0 radical (unpaired) electrons. The number of para-hydroxylation sites is 2. The Labute approximate surface area is 159 Å². The first kappa shape index (κ1) is 18.4. The van der Waals surface area contributed by atoms with E-state index in [1.54, 1.807) is 6.33 Å². The molecule has 3 N–H and O–H groups in total. The van der Waals surface area contributed by atoms with Crippen molar-refractivity contribution >= 4 is 16.9 Å². The fraction of sp³-hybridized carbons (Fsp3) is 0.600. The normalized spacial score (nSPS) is 24.3. The van der Waals surface area contributed by atoms with Gasteiger partial charge < -0.3 is 25.0 Å². The third kappa shape index (κ3) is 3.35. The number of carbonyl (C=O) groups excluding carboxylic acids is 1. The number of benzene rings is 1. The fourth-order valence-electron chi connectivity index (χ4n) is 4.56. The zero-order valence-electron chi connectivity index (χ0n) is 15.6. The molecule has 7 nitrogen and oxygen atoms in total. The first-order valence-corrected chi connectivity index (χ1v) is 9.81. The van der Waals surface area contributed by atoms with Gasteiger partial charge in [-0.15, -0.1) is 0 Å². The summed E-state index contributed by atoms with van der Waals surface area (Å²) >= 11 is 0. The second-order valence-corrected chi connectivity index (χ2v) is 7.69. The molecule has 1 spiro atoms. The zero-order chi connectivity index (χ0) is 18.9. The molecular formula is C20H28N4O3. The van der Waals surface area contributed by atoms with E-state index in [0.717, 1.165) is 23.9 Å². The monoisotopic (exact) mass is 372 g/mol. The number of rotatable bonds is 6. The summed E-state index contributed by atoms with van der Waals surface area (Å²) in [5, 5.41) is 10.3. The minimum absolute atomic E-state index is 0.0746. The van der Waals surface area contributed by atoms with Crippen LogP contribution in [0.15, 0.2) is 30.6 Å². The summed E-state index contributed by atoms with van der Waals surface area (Å²) in [6, 6.07) is 7.95. The van der Waals surface area contributed by atoms with Crippen LogP contribution >= 0.6 is 0 Å². The van der Waals surface area contributed by atoms with Gasteiger partial charge >= 0.3 is 0 Å². The van der Waals surface area contributed by atoms with Crippen molar-refractivity contribution in [2.24, 2.45) is 11.1 Å². The highest BCUT2D eigenvalue weighted by Crippen LogP contribution is 2.50. The Morgan fingerprint density at radius 1 is 1.33 bits per heavy atom. The van der Waals surface area contributed by atoms with E-state index < -0.39 is 0 Å². The number of imidazole rings is 1. The summed E-state index contributed by atoms with van der Waals surface area (Å²) in [4.78, 5) is 19.0. The standard InChI is InChI=1S/C20H28N4O3/c21-8-12-27-18-13-17(25)20(18)6-10-23(11-7-20)19(26)5-9-24-14-22-15-3-1-2-4-16(15)24/h1-4,14,17-18,25H,5-13,21H2/t17-,18+/m0/s1. The van der Waals surface area contributed by atoms with Crippen LogP contribution in [-0.4, -0.2) is 63.9 Å². The van der Waals surface area contributed by atoms with Gasteiger partial charge in [-0.1, -0.05) is 12.1 Å². The molecule has 0 bridgehead atoms. The number of aliphatic hydroxyl groups excluding tert-OH is 1. The van der Waals surface area contributed by atoms with Crippen LogP contribution in [0.1, 0.15) is 25.7 Å². The summed E-state index contributed by atoms with van der Waals surface area (Å²) in [6.45, 7) is 3.02. The minimum Gasteiger partial charge on any atom is -0.392 e. The van der Waals surface area contributed by atoms with Gasteiger partial charge in [0, 0.05) is 44.4 Å². The number of carbonyl (C=O) groups is 1. The molecule has 27 heavy (non-hydrogen) atoms. The van der Waals surface area contributed by atoms with Crippen molar-refractivity contribution in [3.63, 3.8) is 0 Å². The SMILES string of the molecule is NCCO[C@@H]1C[C@H](O)C12CCN(C(=O)CCn1cnc3ccccc31)CC2. The Hall–Kier alpha value is -1.96. The Bertz CT molecular complexity index is 797. The van der Waals surface area contributed by atoms with Crippen molar-refractivity contribution in [2.75, 3.05) is 26.2 Å². The first-order chi connectivity index (χ1) is 13.1. The maximum Gasteiger partial charge on any atom is 0.224 e. The number of piperidine rings is 1. The second kappa shape index (κ2) is 7.58. The van der Waals surface area contributed by atoms with Crippen molar-refractivity contribution < 1.29 is 14.6 Å². The summed E-state index contributed by atoms with van der Waals surface area (Å²) < 4.78 is 7.86. The Kier molecular flexibility index (Phi) is 5.16. The molecule has 1 saturated carbocycles. The molecule has 2 heterocycles. The molecule has 1 aliphatic carbocycles. The van der Waals surface area contributed by atoms with E-state index in [9.17, 15) is 9.90 Å². The zero-order valence-corrected chi connectivity index (χ0v) is 15.6. The third-order valence-corrected chi connectivity index (χ3v) is 6.32. The number of aliphatic hydroxyl groups is 1. The van der Waals surface area contributed by atoms with E-state index in [-0.39, 0.29) is 23.5 Å². The number of hydrogen-bond donors (Lipinski definition) is 2. The van der Waals surface area contributed by atoms with Crippen LogP contribution in [0, 0.1) is 5.41 Å². The van der Waals surface area contributed by atoms with Gasteiger partial charge in [0.25, 0.3) is 0 Å². The molecular weight excluding hydrogens is 344 g/mol. The number of nitrogens with zero attached hydrogens (tertiary/aromatic N) is 3. The van der Waals surface area contributed by atoms with Crippen LogP contribution in [0.3, 0.4) is 0 Å². The molecule has 2 aromatic rings. The number of amides is 1. The average molecular weight is 372 g/mol. The molecule has 1 amide bonds. The lowest BCUT2D eigenvalue weighted by Crippen LogP contribution is -2.63. The van der Waals surface area contributed by atoms with E-state index in [4.69, 9.17) is 10.5 Å². The lowest BCUT2D eigenvalue weighted by Gasteiger charge is -2.56. The maximum atomic E-state index is 12.7. The van der Waals surface area contributed by atoms with Gasteiger partial charge in [-0.2, -0.15) is 0 Å². The van der Waals surface area contributed by atoms with Crippen molar-refractivity contribution in [3.05, 3.63) is 30.6 Å². The van der Waals surface area contributed by atoms with Crippen molar-refractivity contribution in [2.45, 2.75) is 44.4 Å². The molecule has 1 aliphatic heterocycles. The Morgan fingerprint density at radius 2 is 2.11 bits per heavy atom. The number of aromatic nitrogens is 2. The van der Waals surface area contributed by atoms with Gasteiger partial charge in [-0.05, 0) is 25.0 Å². The topological polar surface area (TPSA) is 93.6 Å². The Balaban J connectivity index is 1.31. The van der Waals surface area contributed by atoms with E-state index in [2.05, 4.69) is 4.98 Å². The molecule has 1 saturated heterocycles. The average Bonchev–Trinajstić information content (AvgIpc) is 3.12. The number of aryl methyl sites for hydroxylation is 1.